The lowest BCUT2D eigenvalue weighted by Gasteiger charge is -2.10. The molecule has 1 N–H and O–H groups in total. The maximum absolute atomic E-state index is 13.2. The Morgan fingerprint density at radius 2 is 1.84 bits per heavy atom. The first-order valence-corrected chi connectivity index (χ1v) is 5.76. The second kappa shape index (κ2) is 5.40. The number of halogens is 3. The number of hydrogen-bond acceptors (Lipinski definition) is 3. The minimum Gasteiger partial charge on any atom is -0.308 e. The van der Waals surface area contributed by atoms with Gasteiger partial charge in [0.15, 0.2) is 17.5 Å². The molecule has 0 aliphatic heterocycles. The van der Waals surface area contributed by atoms with E-state index in [2.05, 4.69) is 15.4 Å². The fourth-order valence-corrected chi connectivity index (χ4v) is 1.56. The standard InChI is InChI=1S/C12H13F3N4/c1-7(2)16-5-11-17-6-18-19(11)8-3-9(13)12(15)10(14)4-8/h3-4,6-7,16H,5H2,1-2H3. The van der Waals surface area contributed by atoms with Crippen molar-refractivity contribution in [2.75, 3.05) is 0 Å². The van der Waals surface area contributed by atoms with Crippen LogP contribution in [0.2, 0.25) is 0 Å². The third kappa shape index (κ3) is 2.93. The lowest BCUT2D eigenvalue weighted by Crippen LogP contribution is -2.24. The summed E-state index contributed by atoms with van der Waals surface area (Å²) in [6, 6.07) is 1.99. The van der Waals surface area contributed by atoms with E-state index in [1.165, 1.54) is 11.0 Å². The third-order valence-electron chi connectivity index (χ3n) is 2.50. The monoisotopic (exact) mass is 270 g/mol. The highest BCUT2D eigenvalue weighted by molar-refractivity contribution is 5.33. The van der Waals surface area contributed by atoms with Crippen LogP contribution in [0, 0.1) is 17.5 Å². The van der Waals surface area contributed by atoms with Gasteiger partial charge in [0.2, 0.25) is 0 Å². The molecule has 0 aliphatic carbocycles. The molecule has 102 valence electrons. The van der Waals surface area contributed by atoms with Crippen LogP contribution in [0.4, 0.5) is 13.2 Å². The Bertz CT molecular complexity index is 557. The lowest BCUT2D eigenvalue weighted by molar-refractivity contribution is 0.445. The van der Waals surface area contributed by atoms with Gasteiger partial charge in [-0.15, -0.1) is 0 Å². The summed E-state index contributed by atoms with van der Waals surface area (Å²) in [6.45, 7) is 4.30. The van der Waals surface area contributed by atoms with Crippen LogP contribution >= 0.6 is 0 Å². The molecule has 0 fully saturated rings. The number of aromatic nitrogens is 3. The highest BCUT2D eigenvalue weighted by Crippen LogP contribution is 2.17. The first-order valence-electron chi connectivity index (χ1n) is 5.76. The van der Waals surface area contributed by atoms with Crippen molar-refractivity contribution >= 4 is 0 Å². The Morgan fingerprint density at radius 3 is 2.42 bits per heavy atom. The first-order chi connectivity index (χ1) is 8.99. The van der Waals surface area contributed by atoms with Gasteiger partial charge in [0.1, 0.15) is 12.2 Å². The number of nitrogens with zero attached hydrogens (tertiary/aromatic N) is 3. The molecule has 0 aliphatic rings. The fraction of sp³-hybridized carbons (Fsp3) is 0.333. The van der Waals surface area contributed by atoms with E-state index in [4.69, 9.17) is 0 Å². The Labute approximate surface area is 108 Å². The summed E-state index contributed by atoms with van der Waals surface area (Å²) in [5, 5.41) is 7.00. The molecule has 0 bridgehead atoms. The normalized spacial score (nSPS) is 11.3. The van der Waals surface area contributed by atoms with Gasteiger partial charge in [-0.25, -0.2) is 22.8 Å². The van der Waals surface area contributed by atoms with E-state index in [0.29, 0.717) is 12.4 Å². The Balaban J connectivity index is 2.34. The van der Waals surface area contributed by atoms with Gasteiger partial charge in [0.25, 0.3) is 0 Å². The minimum atomic E-state index is -1.49. The molecule has 1 aromatic heterocycles. The smallest absolute Gasteiger partial charge is 0.194 e. The molecule has 7 heteroatoms. The van der Waals surface area contributed by atoms with E-state index >= 15 is 0 Å². The van der Waals surface area contributed by atoms with E-state index in [-0.39, 0.29) is 11.7 Å². The van der Waals surface area contributed by atoms with Gasteiger partial charge < -0.3 is 5.32 Å². The predicted molar refractivity (Wildman–Crippen MR) is 63.2 cm³/mol. The van der Waals surface area contributed by atoms with E-state index in [0.717, 1.165) is 12.1 Å². The van der Waals surface area contributed by atoms with Gasteiger partial charge in [0, 0.05) is 18.2 Å². The third-order valence-corrected chi connectivity index (χ3v) is 2.50. The van der Waals surface area contributed by atoms with Crippen molar-refractivity contribution in [2.45, 2.75) is 26.4 Å². The van der Waals surface area contributed by atoms with Crippen LogP contribution in [-0.2, 0) is 6.54 Å². The van der Waals surface area contributed by atoms with Crippen LogP contribution in [0.15, 0.2) is 18.5 Å². The summed E-state index contributed by atoms with van der Waals surface area (Å²) in [5.74, 6) is -3.52. The van der Waals surface area contributed by atoms with Crippen molar-refractivity contribution in [3.63, 3.8) is 0 Å². The van der Waals surface area contributed by atoms with Crippen LogP contribution in [0.1, 0.15) is 19.7 Å². The van der Waals surface area contributed by atoms with Gasteiger partial charge in [-0.05, 0) is 0 Å². The second-order valence-electron chi connectivity index (χ2n) is 4.35. The molecule has 0 atom stereocenters. The van der Waals surface area contributed by atoms with Crippen LogP contribution in [0.5, 0.6) is 0 Å². The number of rotatable bonds is 4. The van der Waals surface area contributed by atoms with E-state index in [1.54, 1.807) is 0 Å². The van der Waals surface area contributed by atoms with Crippen molar-refractivity contribution < 1.29 is 13.2 Å². The average Bonchev–Trinajstić information content (AvgIpc) is 2.81. The van der Waals surface area contributed by atoms with Gasteiger partial charge in [-0.2, -0.15) is 5.10 Å². The predicted octanol–water partition coefficient (Wildman–Crippen LogP) is 2.18. The maximum Gasteiger partial charge on any atom is 0.194 e. The zero-order valence-electron chi connectivity index (χ0n) is 10.5. The Morgan fingerprint density at radius 1 is 1.21 bits per heavy atom. The average molecular weight is 270 g/mol. The molecule has 0 amide bonds. The quantitative estimate of drug-likeness (QED) is 0.866. The van der Waals surface area contributed by atoms with Crippen molar-refractivity contribution in [2.24, 2.45) is 0 Å². The Hall–Kier alpha value is -1.89. The largest absolute Gasteiger partial charge is 0.308 e. The summed E-state index contributed by atoms with van der Waals surface area (Å²) >= 11 is 0. The lowest BCUT2D eigenvalue weighted by atomic mass is 10.3. The Kier molecular flexibility index (Phi) is 3.84. The molecule has 1 aromatic carbocycles. The maximum atomic E-state index is 13.2. The minimum absolute atomic E-state index is 0.0921. The fourth-order valence-electron chi connectivity index (χ4n) is 1.56. The summed E-state index contributed by atoms with van der Waals surface area (Å²) in [5.41, 5.74) is 0.0921. The molecule has 2 aromatic rings. The molecule has 0 saturated heterocycles. The molecule has 1 heterocycles. The van der Waals surface area contributed by atoms with Crippen molar-refractivity contribution in [1.29, 1.82) is 0 Å². The van der Waals surface area contributed by atoms with Crippen LogP contribution in [0.3, 0.4) is 0 Å². The van der Waals surface area contributed by atoms with E-state index in [9.17, 15) is 13.2 Å². The molecule has 0 radical (unpaired) electrons. The zero-order chi connectivity index (χ0) is 14.0. The van der Waals surface area contributed by atoms with Gasteiger partial charge in [-0.3, -0.25) is 0 Å². The molecule has 19 heavy (non-hydrogen) atoms. The summed E-state index contributed by atoms with van der Waals surface area (Å²) in [4.78, 5) is 4.00. The van der Waals surface area contributed by atoms with Crippen molar-refractivity contribution in [3.05, 3.63) is 41.7 Å². The molecule has 0 saturated carbocycles. The van der Waals surface area contributed by atoms with Crippen LogP contribution in [-0.4, -0.2) is 20.8 Å². The molecular formula is C12H13F3N4. The first kappa shape index (κ1) is 13.5. The summed E-state index contributed by atoms with van der Waals surface area (Å²) in [6.07, 6.45) is 1.27. The highest BCUT2D eigenvalue weighted by atomic mass is 19.2. The molecule has 4 nitrogen and oxygen atoms in total. The summed E-state index contributed by atoms with van der Waals surface area (Å²) in [7, 11) is 0. The number of hydrogen-bond donors (Lipinski definition) is 1. The number of benzene rings is 1. The van der Waals surface area contributed by atoms with Gasteiger partial charge >= 0.3 is 0 Å². The van der Waals surface area contributed by atoms with Crippen LogP contribution in [0.25, 0.3) is 5.69 Å². The molecule has 0 spiro atoms. The molecule has 2 rings (SSSR count). The molecular weight excluding hydrogens is 257 g/mol. The zero-order valence-corrected chi connectivity index (χ0v) is 10.5. The van der Waals surface area contributed by atoms with E-state index in [1.807, 2.05) is 13.8 Å². The van der Waals surface area contributed by atoms with E-state index < -0.39 is 17.5 Å². The van der Waals surface area contributed by atoms with Crippen molar-refractivity contribution in [1.82, 2.24) is 20.1 Å². The van der Waals surface area contributed by atoms with Gasteiger partial charge in [-0.1, -0.05) is 13.8 Å². The van der Waals surface area contributed by atoms with Crippen LogP contribution < -0.4 is 5.32 Å². The van der Waals surface area contributed by atoms with Gasteiger partial charge in [0.05, 0.1) is 12.2 Å². The SMILES string of the molecule is CC(C)NCc1ncnn1-c1cc(F)c(F)c(F)c1. The molecule has 0 unspecified atom stereocenters. The van der Waals surface area contributed by atoms with Crippen molar-refractivity contribution in [3.8, 4) is 5.69 Å². The topological polar surface area (TPSA) is 42.7 Å². The summed E-state index contributed by atoms with van der Waals surface area (Å²) < 4.78 is 40.5. The second-order valence-corrected chi connectivity index (χ2v) is 4.35. The highest BCUT2D eigenvalue weighted by Gasteiger charge is 2.14. The number of nitrogens with one attached hydrogen (secondary N) is 1.